The van der Waals surface area contributed by atoms with Crippen LogP contribution >= 0.6 is 11.8 Å². The van der Waals surface area contributed by atoms with E-state index in [0.29, 0.717) is 22.8 Å². The molecule has 3 rings (SSSR count). The largest absolute Gasteiger partial charge is 0.493 e. The van der Waals surface area contributed by atoms with Gasteiger partial charge in [0.1, 0.15) is 0 Å². The highest BCUT2D eigenvalue weighted by molar-refractivity contribution is 8.00. The van der Waals surface area contributed by atoms with Crippen LogP contribution in [-0.2, 0) is 4.79 Å². The van der Waals surface area contributed by atoms with Crippen LogP contribution in [0.15, 0.2) is 58.7 Å². The maximum Gasteiger partial charge on any atom is 0.250 e. The summed E-state index contributed by atoms with van der Waals surface area (Å²) in [5.74, 6) is 1.53. The molecule has 0 aliphatic rings. The Bertz CT molecular complexity index is 1010. The van der Waals surface area contributed by atoms with Crippen molar-refractivity contribution in [1.82, 2.24) is 10.4 Å². The number of rotatable bonds is 8. The lowest BCUT2D eigenvalue weighted by molar-refractivity contribution is -0.118. The predicted molar refractivity (Wildman–Crippen MR) is 114 cm³/mol. The van der Waals surface area contributed by atoms with E-state index >= 15 is 0 Å². The van der Waals surface area contributed by atoms with E-state index in [1.807, 2.05) is 30.3 Å². The SMILES string of the molecule is COc1cc(/C=N\NC(=O)CSc2cccc3cccnc23)cc(OC)c1OC. The van der Waals surface area contributed by atoms with Crippen LogP contribution < -0.4 is 19.6 Å². The van der Waals surface area contributed by atoms with Crippen LogP contribution in [0.25, 0.3) is 10.9 Å². The number of nitrogens with one attached hydrogen (secondary N) is 1. The third-order valence-corrected chi connectivity index (χ3v) is 5.09. The van der Waals surface area contributed by atoms with E-state index in [2.05, 4.69) is 15.5 Å². The molecule has 1 aromatic heterocycles. The van der Waals surface area contributed by atoms with Crippen LogP contribution in [0, 0.1) is 0 Å². The summed E-state index contributed by atoms with van der Waals surface area (Å²) in [7, 11) is 4.62. The van der Waals surface area contributed by atoms with Gasteiger partial charge in [0, 0.05) is 22.0 Å². The maximum absolute atomic E-state index is 12.2. The smallest absolute Gasteiger partial charge is 0.250 e. The van der Waals surface area contributed by atoms with Crippen LogP contribution in [0.4, 0.5) is 0 Å². The molecule has 0 saturated carbocycles. The van der Waals surface area contributed by atoms with Crippen molar-refractivity contribution in [2.24, 2.45) is 5.10 Å². The van der Waals surface area contributed by atoms with Crippen LogP contribution in [-0.4, -0.2) is 44.2 Å². The number of amides is 1. The second kappa shape index (κ2) is 9.79. The molecule has 1 N–H and O–H groups in total. The van der Waals surface area contributed by atoms with Crippen molar-refractivity contribution in [3.05, 3.63) is 54.2 Å². The lowest BCUT2D eigenvalue weighted by atomic mass is 10.2. The molecule has 0 radical (unpaired) electrons. The Hall–Kier alpha value is -3.26. The van der Waals surface area contributed by atoms with E-state index in [4.69, 9.17) is 14.2 Å². The van der Waals surface area contributed by atoms with Gasteiger partial charge >= 0.3 is 0 Å². The predicted octanol–water partition coefficient (Wildman–Crippen LogP) is 3.50. The number of pyridine rings is 1. The van der Waals surface area contributed by atoms with Crippen LogP contribution in [0.2, 0.25) is 0 Å². The first-order valence-electron chi connectivity index (χ1n) is 8.74. The number of carbonyl (C=O) groups excluding carboxylic acids is 1. The minimum Gasteiger partial charge on any atom is -0.493 e. The van der Waals surface area contributed by atoms with Crippen molar-refractivity contribution in [3.8, 4) is 17.2 Å². The molecule has 8 heteroatoms. The number of ether oxygens (including phenoxy) is 3. The molecule has 0 aliphatic carbocycles. The molecule has 3 aromatic rings. The Labute approximate surface area is 173 Å². The Morgan fingerprint density at radius 1 is 1.10 bits per heavy atom. The molecule has 1 heterocycles. The van der Waals surface area contributed by atoms with Gasteiger partial charge in [0.2, 0.25) is 11.7 Å². The number of para-hydroxylation sites is 1. The van der Waals surface area contributed by atoms with Gasteiger partial charge in [-0.25, -0.2) is 5.43 Å². The number of hydrogen-bond donors (Lipinski definition) is 1. The number of fused-ring (bicyclic) bond motifs is 1. The standard InChI is InChI=1S/C21H21N3O4S/c1-26-16-10-14(11-17(27-2)21(16)28-3)12-23-24-19(25)13-29-18-8-4-6-15-7-5-9-22-20(15)18/h4-12H,13H2,1-3H3,(H,24,25)/b23-12-. The first kappa shape index (κ1) is 20.5. The summed E-state index contributed by atoms with van der Waals surface area (Å²) in [6, 6.07) is 13.3. The van der Waals surface area contributed by atoms with Gasteiger partial charge in [-0.1, -0.05) is 18.2 Å². The molecule has 0 atom stereocenters. The fourth-order valence-corrected chi connectivity index (χ4v) is 3.56. The van der Waals surface area contributed by atoms with Crippen molar-refractivity contribution in [2.45, 2.75) is 4.90 Å². The van der Waals surface area contributed by atoms with Crippen molar-refractivity contribution >= 4 is 34.8 Å². The van der Waals surface area contributed by atoms with E-state index in [0.717, 1.165) is 15.8 Å². The zero-order valence-electron chi connectivity index (χ0n) is 16.3. The summed E-state index contributed by atoms with van der Waals surface area (Å²) in [5.41, 5.74) is 4.11. The number of hydrazone groups is 1. The molecular weight excluding hydrogens is 390 g/mol. The number of aromatic nitrogens is 1. The van der Waals surface area contributed by atoms with Gasteiger partial charge in [-0.15, -0.1) is 11.8 Å². The Kier molecular flexibility index (Phi) is 6.91. The topological polar surface area (TPSA) is 82.0 Å². The number of methoxy groups -OCH3 is 3. The molecule has 0 fully saturated rings. The normalized spacial score (nSPS) is 10.9. The van der Waals surface area contributed by atoms with E-state index in [1.54, 1.807) is 32.5 Å². The van der Waals surface area contributed by atoms with E-state index in [9.17, 15) is 4.79 Å². The van der Waals surface area contributed by atoms with Gasteiger partial charge in [-0.2, -0.15) is 5.10 Å². The molecule has 7 nitrogen and oxygen atoms in total. The monoisotopic (exact) mass is 411 g/mol. The molecule has 0 saturated heterocycles. The van der Waals surface area contributed by atoms with E-state index < -0.39 is 0 Å². The van der Waals surface area contributed by atoms with E-state index in [1.165, 1.54) is 25.1 Å². The molecule has 0 bridgehead atoms. The van der Waals surface area contributed by atoms with Gasteiger partial charge in [-0.05, 0) is 24.3 Å². The van der Waals surface area contributed by atoms with Crippen LogP contribution in [0.3, 0.4) is 0 Å². The Balaban J connectivity index is 1.62. The minimum atomic E-state index is -0.216. The van der Waals surface area contributed by atoms with Crippen LogP contribution in [0.1, 0.15) is 5.56 Å². The van der Waals surface area contributed by atoms with Gasteiger partial charge < -0.3 is 14.2 Å². The highest BCUT2D eigenvalue weighted by atomic mass is 32.2. The zero-order valence-corrected chi connectivity index (χ0v) is 17.2. The summed E-state index contributed by atoms with van der Waals surface area (Å²) < 4.78 is 15.9. The van der Waals surface area contributed by atoms with Gasteiger partial charge in [0.05, 0.1) is 38.8 Å². The van der Waals surface area contributed by atoms with Gasteiger partial charge in [-0.3, -0.25) is 9.78 Å². The molecule has 1 amide bonds. The Morgan fingerprint density at radius 3 is 2.52 bits per heavy atom. The summed E-state index contributed by atoms with van der Waals surface area (Å²) >= 11 is 1.42. The number of thioether (sulfide) groups is 1. The fourth-order valence-electron chi connectivity index (χ4n) is 2.72. The number of carbonyl (C=O) groups is 1. The molecule has 0 aliphatic heterocycles. The second-order valence-corrected chi connectivity index (χ2v) is 6.89. The molecular formula is C21H21N3O4S. The summed E-state index contributed by atoms with van der Waals surface area (Å²) in [6.07, 6.45) is 3.26. The zero-order chi connectivity index (χ0) is 20.6. The van der Waals surface area contributed by atoms with Crippen LogP contribution in [0.5, 0.6) is 17.2 Å². The summed E-state index contributed by atoms with van der Waals surface area (Å²) in [6.45, 7) is 0. The molecule has 0 unspecified atom stereocenters. The van der Waals surface area contributed by atoms with Crippen molar-refractivity contribution < 1.29 is 19.0 Å². The minimum absolute atomic E-state index is 0.216. The third kappa shape index (κ3) is 4.97. The fraction of sp³-hybridized carbons (Fsp3) is 0.190. The van der Waals surface area contributed by atoms with Gasteiger partial charge in [0.15, 0.2) is 11.5 Å². The Morgan fingerprint density at radius 2 is 1.83 bits per heavy atom. The molecule has 2 aromatic carbocycles. The number of nitrogens with zero attached hydrogens (tertiary/aromatic N) is 2. The van der Waals surface area contributed by atoms with Crippen molar-refractivity contribution in [3.63, 3.8) is 0 Å². The number of benzene rings is 2. The van der Waals surface area contributed by atoms with Crippen molar-refractivity contribution in [1.29, 1.82) is 0 Å². The third-order valence-electron chi connectivity index (χ3n) is 4.04. The molecule has 0 spiro atoms. The van der Waals surface area contributed by atoms with Crippen molar-refractivity contribution in [2.75, 3.05) is 27.1 Å². The lowest BCUT2D eigenvalue weighted by Crippen LogP contribution is -2.19. The first-order valence-corrected chi connectivity index (χ1v) is 9.73. The molecule has 29 heavy (non-hydrogen) atoms. The summed E-state index contributed by atoms with van der Waals surface area (Å²) in [4.78, 5) is 17.5. The maximum atomic E-state index is 12.2. The number of hydrogen-bond acceptors (Lipinski definition) is 7. The lowest BCUT2D eigenvalue weighted by Gasteiger charge is -2.12. The highest BCUT2D eigenvalue weighted by Crippen LogP contribution is 2.37. The van der Waals surface area contributed by atoms with E-state index in [-0.39, 0.29) is 11.7 Å². The van der Waals surface area contributed by atoms with Gasteiger partial charge in [0.25, 0.3) is 0 Å². The quantitative estimate of drug-likeness (QED) is 0.347. The average molecular weight is 411 g/mol. The second-order valence-electron chi connectivity index (χ2n) is 5.87. The average Bonchev–Trinajstić information content (AvgIpc) is 2.76. The molecule has 150 valence electrons. The first-order chi connectivity index (χ1) is 14.2. The summed E-state index contributed by atoms with van der Waals surface area (Å²) in [5, 5.41) is 5.06. The highest BCUT2D eigenvalue weighted by Gasteiger charge is 2.12.